The third-order valence-electron chi connectivity index (χ3n) is 7.65. The van der Waals surface area contributed by atoms with E-state index in [1.165, 1.54) is 21.4 Å². The van der Waals surface area contributed by atoms with Crippen LogP contribution in [0, 0.1) is 0 Å². The maximum Gasteiger partial charge on any atom is 0.351 e. The van der Waals surface area contributed by atoms with Crippen molar-refractivity contribution in [3.63, 3.8) is 0 Å². The molecule has 2 aliphatic rings. The Morgan fingerprint density at radius 1 is 0.897 bits per heavy atom. The minimum Gasteiger partial charge on any atom is -0.379 e. The molecule has 0 amide bonds. The second-order valence-corrected chi connectivity index (χ2v) is 10.2. The standard InChI is InChI=1S/C31H34N6O2/c1-3-23-9-13-26(14-10-23)29-28(25-7-5-4-6-8-25)22-36(32-29)30-33-37(31(38)34(30)2)27-15-11-24(12-16-27)21-35-17-19-39-20-18-35/h4-16,28H,3,17-22H2,1-2H3/t28-/m0/s1. The van der Waals surface area contributed by atoms with Gasteiger partial charge in [-0.25, -0.2) is 9.80 Å². The summed E-state index contributed by atoms with van der Waals surface area (Å²) < 4.78 is 8.50. The van der Waals surface area contributed by atoms with Crippen molar-refractivity contribution < 1.29 is 4.74 Å². The second kappa shape index (κ2) is 11.0. The van der Waals surface area contributed by atoms with Crippen LogP contribution < -0.4 is 10.7 Å². The zero-order valence-electron chi connectivity index (χ0n) is 22.5. The third-order valence-corrected chi connectivity index (χ3v) is 7.65. The molecule has 1 saturated heterocycles. The van der Waals surface area contributed by atoms with Crippen LogP contribution in [0.3, 0.4) is 0 Å². The Bertz CT molecular complexity index is 1500. The first-order valence-corrected chi connectivity index (χ1v) is 13.7. The number of hydrogen-bond donors (Lipinski definition) is 0. The Hall–Kier alpha value is -4.01. The van der Waals surface area contributed by atoms with Crippen molar-refractivity contribution in [3.8, 4) is 5.69 Å². The van der Waals surface area contributed by atoms with Crippen LogP contribution in [-0.4, -0.2) is 57.8 Å². The number of aryl methyl sites for hydroxylation is 1. The second-order valence-electron chi connectivity index (χ2n) is 10.2. The summed E-state index contributed by atoms with van der Waals surface area (Å²) in [6, 6.07) is 27.1. The summed E-state index contributed by atoms with van der Waals surface area (Å²) in [5.74, 6) is 0.594. The fourth-order valence-corrected chi connectivity index (χ4v) is 5.33. The lowest BCUT2D eigenvalue weighted by Gasteiger charge is -2.26. The van der Waals surface area contributed by atoms with Gasteiger partial charge in [-0.05, 0) is 40.8 Å². The van der Waals surface area contributed by atoms with Gasteiger partial charge >= 0.3 is 5.69 Å². The molecule has 1 atom stereocenters. The normalized spacial score (nSPS) is 17.9. The number of rotatable bonds is 7. The van der Waals surface area contributed by atoms with Crippen LogP contribution in [0.5, 0.6) is 0 Å². The van der Waals surface area contributed by atoms with Crippen LogP contribution in [-0.2, 0) is 24.8 Å². The molecule has 8 nitrogen and oxygen atoms in total. The number of anilines is 1. The van der Waals surface area contributed by atoms with Crippen LogP contribution in [0.4, 0.5) is 5.95 Å². The van der Waals surface area contributed by atoms with E-state index >= 15 is 0 Å². The van der Waals surface area contributed by atoms with Gasteiger partial charge in [0.1, 0.15) is 0 Å². The molecule has 3 heterocycles. The molecule has 3 aromatic carbocycles. The van der Waals surface area contributed by atoms with E-state index in [0.29, 0.717) is 12.5 Å². The van der Waals surface area contributed by atoms with Gasteiger partial charge in [0.25, 0.3) is 0 Å². The molecule has 6 rings (SSSR count). The van der Waals surface area contributed by atoms with Crippen molar-refractivity contribution in [3.05, 3.63) is 112 Å². The summed E-state index contributed by atoms with van der Waals surface area (Å²) in [4.78, 5) is 15.7. The van der Waals surface area contributed by atoms with Gasteiger partial charge in [-0.1, -0.05) is 73.7 Å². The van der Waals surface area contributed by atoms with Gasteiger partial charge in [-0.15, -0.1) is 5.10 Å². The zero-order chi connectivity index (χ0) is 26.8. The number of ether oxygens (including phenoxy) is 1. The number of nitrogens with zero attached hydrogens (tertiary/aromatic N) is 6. The van der Waals surface area contributed by atoms with E-state index in [1.807, 2.05) is 23.2 Å². The fourth-order valence-electron chi connectivity index (χ4n) is 5.33. The summed E-state index contributed by atoms with van der Waals surface area (Å²) in [7, 11) is 1.76. The first-order chi connectivity index (χ1) is 19.1. The smallest absolute Gasteiger partial charge is 0.351 e. The Labute approximate surface area is 228 Å². The van der Waals surface area contributed by atoms with Gasteiger partial charge in [-0.2, -0.15) is 9.78 Å². The quantitative estimate of drug-likeness (QED) is 0.367. The summed E-state index contributed by atoms with van der Waals surface area (Å²) >= 11 is 0. The molecule has 0 saturated carbocycles. The minimum atomic E-state index is -0.196. The van der Waals surface area contributed by atoms with E-state index in [1.54, 1.807) is 11.6 Å². The molecule has 0 N–H and O–H groups in total. The molecule has 8 heteroatoms. The monoisotopic (exact) mass is 522 g/mol. The van der Waals surface area contributed by atoms with E-state index in [4.69, 9.17) is 14.9 Å². The number of benzene rings is 3. The van der Waals surface area contributed by atoms with E-state index in [9.17, 15) is 4.79 Å². The Morgan fingerprint density at radius 2 is 1.59 bits per heavy atom. The van der Waals surface area contributed by atoms with Gasteiger partial charge in [0, 0.05) is 32.6 Å². The lowest BCUT2D eigenvalue weighted by atomic mass is 9.90. The molecular formula is C31H34N6O2. The molecule has 39 heavy (non-hydrogen) atoms. The molecule has 2 aliphatic heterocycles. The minimum absolute atomic E-state index is 0.0680. The van der Waals surface area contributed by atoms with Crippen molar-refractivity contribution >= 4 is 11.7 Å². The molecule has 1 fully saturated rings. The van der Waals surface area contributed by atoms with Gasteiger partial charge in [-0.3, -0.25) is 9.47 Å². The number of aromatic nitrogens is 3. The highest BCUT2D eigenvalue weighted by molar-refractivity contribution is 6.07. The maximum absolute atomic E-state index is 13.3. The molecule has 0 spiro atoms. The number of hydrogen-bond acceptors (Lipinski definition) is 6. The third kappa shape index (κ3) is 5.17. The molecule has 0 aliphatic carbocycles. The highest BCUT2D eigenvalue weighted by Gasteiger charge is 2.32. The van der Waals surface area contributed by atoms with Crippen LogP contribution >= 0.6 is 0 Å². The first kappa shape index (κ1) is 25.3. The van der Waals surface area contributed by atoms with Crippen molar-refractivity contribution in [1.29, 1.82) is 0 Å². The van der Waals surface area contributed by atoms with E-state index in [2.05, 4.69) is 72.5 Å². The largest absolute Gasteiger partial charge is 0.379 e. The number of hydrazone groups is 1. The van der Waals surface area contributed by atoms with Crippen molar-refractivity contribution in [2.45, 2.75) is 25.8 Å². The van der Waals surface area contributed by atoms with Crippen LogP contribution in [0.1, 0.15) is 35.1 Å². The van der Waals surface area contributed by atoms with Gasteiger partial charge < -0.3 is 4.74 Å². The topological polar surface area (TPSA) is 67.9 Å². The average Bonchev–Trinajstić information content (AvgIpc) is 3.56. The predicted octanol–water partition coefficient (Wildman–Crippen LogP) is 3.97. The van der Waals surface area contributed by atoms with Crippen LogP contribution in [0.25, 0.3) is 5.69 Å². The fraction of sp³-hybridized carbons (Fsp3) is 0.323. The van der Waals surface area contributed by atoms with E-state index in [-0.39, 0.29) is 11.6 Å². The van der Waals surface area contributed by atoms with Gasteiger partial charge in [0.15, 0.2) is 0 Å². The SMILES string of the molecule is CCc1ccc(C2=NN(c3nn(-c4ccc(CN5CCOCC5)cc4)c(=O)n3C)C[C@H]2c2ccccc2)cc1. The maximum atomic E-state index is 13.3. The Kier molecular flexibility index (Phi) is 7.13. The molecule has 0 radical (unpaired) electrons. The van der Waals surface area contributed by atoms with E-state index in [0.717, 1.165) is 56.2 Å². The molecule has 4 aromatic rings. The van der Waals surface area contributed by atoms with E-state index < -0.39 is 0 Å². The first-order valence-electron chi connectivity index (χ1n) is 13.7. The zero-order valence-corrected chi connectivity index (χ0v) is 22.5. The summed E-state index contributed by atoms with van der Waals surface area (Å²) in [6.07, 6.45) is 0.995. The van der Waals surface area contributed by atoms with Crippen LogP contribution in [0.15, 0.2) is 88.8 Å². The van der Waals surface area contributed by atoms with Crippen molar-refractivity contribution in [2.24, 2.45) is 12.1 Å². The summed E-state index contributed by atoms with van der Waals surface area (Å²) in [6.45, 7) is 7.08. The molecular weight excluding hydrogens is 488 g/mol. The predicted molar refractivity (Wildman–Crippen MR) is 154 cm³/mol. The van der Waals surface area contributed by atoms with Crippen LogP contribution in [0.2, 0.25) is 0 Å². The lowest BCUT2D eigenvalue weighted by molar-refractivity contribution is 0.0342. The summed E-state index contributed by atoms with van der Waals surface area (Å²) in [5.41, 5.74) is 6.31. The van der Waals surface area contributed by atoms with Crippen molar-refractivity contribution in [2.75, 3.05) is 37.9 Å². The van der Waals surface area contributed by atoms with Gasteiger partial charge in [0.05, 0.1) is 31.2 Å². The molecule has 0 unspecified atom stereocenters. The lowest BCUT2D eigenvalue weighted by Crippen LogP contribution is -2.35. The Balaban J connectivity index is 1.30. The Morgan fingerprint density at radius 3 is 2.28 bits per heavy atom. The molecule has 1 aromatic heterocycles. The highest BCUT2D eigenvalue weighted by Crippen LogP contribution is 2.31. The average molecular weight is 523 g/mol. The highest BCUT2D eigenvalue weighted by atomic mass is 16.5. The van der Waals surface area contributed by atoms with Crippen molar-refractivity contribution in [1.82, 2.24) is 19.2 Å². The molecule has 0 bridgehead atoms. The summed E-state index contributed by atoms with van der Waals surface area (Å²) in [5, 5.41) is 11.6. The molecule has 200 valence electrons. The van der Waals surface area contributed by atoms with Gasteiger partial charge in [0.2, 0.25) is 5.95 Å². The number of morpholine rings is 1.